The SMILES string of the molecule is COCCCNC(=O)[C@@H]1CCC(=O)N[C@H](CC(C)C)C(=O)N[C@@H](C(C)C)COc2ccccc2C(=O)N1. The van der Waals surface area contributed by atoms with Gasteiger partial charge in [-0.3, -0.25) is 19.2 Å². The topological polar surface area (TPSA) is 135 Å². The first-order chi connectivity index (χ1) is 17.6. The van der Waals surface area contributed by atoms with Crippen molar-refractivity contribution in [2.24, 2.45) is 11.8 Å². The van der Waals surface area contributed by atoms with Crippen LogP contribution in [0.1, 0.15) is 63.7 Å². The predicted molar refractivity (Wildman–Crippen MR) is 140 cm³/mol. The third-order valence-corrected chi connectivity index (χ3v) is 6.15. The van der Waals surface area contributed by atoms with Gasteiger partial charge >= 0.3 is 0 Å². The molecule has 37 heavy (non-hydrogen) atoms. The Labute approximate surface area is 219 Å². The van der Waals surface area contributed by atoms with Gasteiger partial charge in [0, 0.05) is 26.7 Å². The van der Waals surface area contributed by atoms with Gasteiger partial charge in [0.1, 0.15) is 24.4 Å². The summed E-state index contributed by atoms with van der Waals surface area (Å²) in [5.74, 6) is -0.955. The molecule has 3 atom stereocenters. The van der Waals surface area contributed by atoms with E-state index in [1.54, 1.807) is 31.4 Å². The third-order valence-electron chi connectivity index (χ3n) is 6.15. The second kappa shape index (κ2) is 15.2. The highest BCUT2D eigenvalue weighted by molar-refractivity contribution is 5.99. The Hall–Kier alpha value is -3.14. The number of nitrogens with one attached hydrogen (secondary N) is 4. The van der Waals surface area contributed by atoms with E-state index in [9.17, 15) is 19.2 Å². The molecule has 0 spiro atoms. The maximum Gasteiger partial charge on any atom is 0.255 e. The van der Waals surface area contributed by atoms with Gasteiger partial charge in [0.15, 0.2) is 0 Å². The van der Waals surface area contributed by atoms with Gasteiger partial charge in [-0.25, -0.2) is 0 Å². The molecule has 10 nitrogen and oxygen atoms in total. The average Bonchev–Trinajstić information content (AvgIpc) is 2.85. The summed E-state index contributed by atoms with van der Waals surface area (Å²) < 4.78 is 11.0. The molecule has 1 aliphatic rings. The number of carbonyl (C=O) groups excluding carboxylic acids is 4. The lowest BCUT2D eigenvalue weighted by Crippen LogP contribution is -2.53. The third kappa shape index (κ3) is 10.0. The second-order valence-corrected chi connectivity index (χ2v) is 10.1. The van der Waals surface area contributed by atoms with Crippen LogP contribution < -0.4 is 26.0 Å². The molecule has 1 aromatic rings. The summed E-state index contributed by atoms with van der Waals surface area (Å²) >= 11 is 0. The fraction of sp³-hybridized carbons (Fsp3) is 0.630. The Morgan fingerprint density at radius 3 is 2.51 bits per heavy atom. The Bertz CT molecular complexity index is 920. The van der Waals surface area contributed by atoms with Gasteiger partial charge in [-0.15, -0.1) is 0 Å². The zero-order valence-electron chi connectivity index (χ0n) is 22.6. The summed E-state index contributed by atoms with van der Waals surface area (Å²) in [6.07, 6.45) is 1.11. The molecule has 10 heteroatoms. The second-order valence-electron chi connectivity index (χ2n) is 10.1. The van der Waals surface area contributed by atoms with Crippen LogP contribution in [0.2, 0.25) is 0 Å². The first-order valence-electron chi connectivity index (χ1n) is 13.0. The molecule has 0 saturated carbocycles. The Balaban J connectivity index is 2.34. The number of para-hydroxylation sites is 1. The van der Waals surface area contributed by atoms with Crippen LogP contribution in [0.5, 0.6) is 5.75 Å². The van der Waals surface area contributed by atoms with E-state index in [2.05, 4.69) is 21.3 Å². The Kier molecular flexibility index (Phi) is 12.4. The van der Waals surface area contributed by atoms with Crippen LogP contribution in [0.4, 0.5) is 0 Å². The Morgan fingerprint density at radius 2 is 1.84 bits per heavy atom. The fourth-order valence-corrected chi connectivity index (χ4v) is 3.94. The molecular weight excluding hydrogens is 476 g/mol. The standard InChI is InChI=1S/C27H42N4O6/c1-17(2)15-21-27(35)31-22(18(3)4)16-37-23-10-7-6-9-19(23)25(33)30-20(11-12-24(32)29-21)26(34)28-13-8-14-36-5/h6-7,9-10,17-18,20-22H,8,11-16H2,1-5H3,(H,28,34)(H,29,32)(H,30,33)(H,31,35)/t20-,21+,22+/m0/s1. The van der Waals surface area contributed by atoms with Gasteiger partial charge in [0.05, 0.1) is 11.6 Å². The largest absolute Gasteiger partial charge is 0.491 e. The smallest absolute Gasteiger partial charge is 0.255 e. The average molecular weight is 519 g/mol. The van der Waals surface area contributed by atoms with Crippen molar-refractivity contribution in [2.45, 2.75) is 71.5 Å². The van der Waals surface area contributed by atoms with Crippen molar-refractivity contribution in [3.8, 4) is 5.75 Å². The fourth-order valence-electron chi connectivity index (χ4n) is 3.94. The van der Waals surface area contributed by atoms with Gasteiger partial charge in [-0.2, -0.15) is 0 Å². The van der Waals surface area contributed by atoms with E-state index in [1.807, 2.05) is 27.7 Å². The normalized spacial score (nSPS) is 21.6. The number of hydrogen-bond donors (Lipinski definition) is 4. The maximum absolute atomic E-state index is 13.2. The Morgan fingerprint density at radius 1 is 1.11 bits per heavy atom. The molecule has 2 rings (SSSR count). The van der Waals surface area contributed by atoms with Crippen LogP contribution in [-0.2, 0) is 19.1 Å². The number of fused-ring (bicyclic) bond motifs is 1. The molecule has 1 aliphatic heterocycles. The number of rotatable bonds is 8. The molecule has 0 unspecified atom stereocenters. The maximum atomic E-state index is 13.2. The number of carbonyl (C=O) groups is 4. The minimum absolute atomic E-state index is 0.0376. The zero-order valence-corrected chi connectivity index (χ0v) is 22.6. The molecule has 4 amide bonds. The summed E-state index contributed by atoms with van der Waals surface area (Å²) in [5.41, 5.74) is 0.269. The molecular formula is C27H42N4O6. The predicted octanol–water partition coefficient (Wildman–Crippen LogP) is 1.78. The first-order valence-corrected chi connectivity index (χ1v) is 13.0. The molecule has 0 bridgehead atoms. The van der Waals surface area contributed by atoms with Gasteiger partial charge in [-0.05, 0) is 43.2 Å². The lowest BCUT2D eigenvalue weighted by Gasteiger charge is -2.27. The molecule has 0 radical (unpaired) electrons. The van der Waals surface area contributed by atoms with Crippen molar-refractivity contribution in [1.29, 1.82) is 0 Å². The highest BCUT2D eigenvalue weighted by Crippen LogP contribution is 2.20. The van der Waals surface area contributed by atoms with E-state index in [4.69, 9.17) is 9.47 Å². The van der Waals surface area contributed by atoms with Gasteiger partial charge < -0.3 is 30.7 Å². The number of ether oxygens (including phenoxy) is 2. The minimum atomic E-state index is -0.945. The molecule has 1 heterocycles. The van der Waals surface area contributed by atoms with Gasteiger partial charge in [0.25, 0.3) is 5.91 Å². The summed E-state index contributed by atoms with van der Waals surface area (Å²) in [4.78, 5) is 52.1. The number of hydrogen-bond acceptors (Lipinski definition) is 6. The molecule has 0 aromatic heterocycles. The number of amides is 4. The molecule has 4 N–H and O–H groups in total. The number of benzene rings is 1. The van der Waals surface area contributed by atoms with E-state index in [-0.39, 0.29) is 54.7 Å². The zero-order chi connectivity index (χ0) is 27.4. The van der Waals surface area contributed by atoms with Crippen molar-refractivity contribution >= 4 is 23.6 Å². The molecule has 1 aromatic carbocycles. The van der Waals surface area contributed by atoms with Crippen LogP contribution in [-0.4, -0.2) is 68.6 Å². The van der Waals surface area contributed by atoms with Crippen molar-refractivity contribution in [3.05, 3.63) is 29.8 Å². The monoisotopic (exact) mass is 518 g/mol. The van der Waals surface area contributed by atoms with E-state index < -0.39 is 23.9 Å². The summed E-state index contributed by atoms with van der Waals surface area (Å²) in [6.45, 7) is 8.89. The summed E-state index contributed by atoms with van der Waals surface area (Å²) in [7, 11) is 1.58. The summed E-state index contributed by atoms with van der Waals surface area (Å²) in [5, 5.41) is 11.4. The lowest BCUT2D eigenvalue weighted by atomic mass is 10.0. The van der Waals surface area contributed by atoms with E-state index in [0.29, 0.717) is 31.7 Å². The lowest BCUT2D eigenvalue weighted by molar-refractivity contribution is -0.130. The molecule has 0 fully saturated rings. The van der Waals surface area contributed by atoms with E-state index >= 15 is 0 Å². The first kappa shape index (κ1) is 30.1. The molecule has 206 valence electrons. The molecule has 0 saturated heterocycles. The summed E-state index contributed by atoms with van der Waals surface area (Å²) in [6, 6.07) is 4.75. The van der Waals surface area contributed by atoms with Crippen LogP contribution >= 0.6 is 0 Å². The highest BCUT2D eigenvalue weighted by atomic mass is 16.5. The van der Waals surface area contributed by atoms with E-state index in [1.165, 1.54) is 0 Å². The van der Waals surface area contributed by atoms with Gasteiger partial charge in [0.2, 0.25) is 17.7 Å². The van der Waals surface area contributed by atoms with Crippen molar-refractivity contribution in [3.63, 3.8) is 0 Å². The van der Waals surface area contributed by atoms with Crippen LogP contribution in [0.3, 0.4) is 0 Å². The van der Waals surface area contributed by atoms with Crippen molar-refractivity contribution < 1.29 is 28.7 Å². The minimum Gasteiger partial charge on any atom is -0.491 e. The van der Waals surface area contributed by atoms with Crippen molar-refractivity contribution in [1.82, 2.24) is 21.3 Å². The van der Waals surface area contributed by atoms with Crippen molar-refractivity contribution in [2.75, 3.05) is 26.9 Å². The van der Waals surface area contributed by atoms with E-state index in [0.717, 1.165) is 0 Å². The highest BCUT2D eigenvalue weighted by Gasteiger charge is 2.29. The van der Waals surface area contributed by atoms with Crippen LogP contribution in [0.25, 0.3) is 0 Å². The molecule has 0 aliphatic carbocycles. The number of methoxy groups -OCH3 is 1. The quantitative estimate of drug-likeness (QED) is 0.388. The van der Waals surface area contributed by atoms with Gasteiger partial charge in [-0.1, -0.05) is 39.8 Å². The van der Waals surface area contributed by atoms with Crippen LogP contribution in [0.15, 0.2) is 24.3 Å². The van der Waals surface area contributed by atoms with Crippen LogP contribution in [0, 0.1) is 11.8 Å².